The third kappa shape index (κ3) is 5.35. The molecule has 11 heteroatoms. The number of hydrogen-bond acceptors (Lipinski definition) is 10. The molecule has 2 fully saturated rings. The summed E-state index contributed by atoms with van der Waals surface area (Å²) in [7, 11) is -3.39. The van der Waals surface area contributed by atoms with Crippen LogP contribution < -0.4 is 21.7 Å². The van der Waals surface area contributed by atoms with Gasteiger partial charge in [0, 0.05) is 24.7 Å². The van der Waals surface area contributed by atoms with Crippen LogP contribution in [0.5, 0.6) is 0 Å². The van der Waals surface area contributed by atoms with Gasteiger partial charge >= 0.3 is 0 Å². The van der Waals surface area contributed by atoms with Crippen LogP contribution in [-0.4, -0.2) is 63.9 Å². The highest BCUT2D eigenvalue weighted by molar-refractivity contribution is 7.92. The molecule has 0 saturated carbocycles. The van der Waals surface area contributed by atoms with E-state index in [1.165, 1.54) is 0 Å². The Balaban J connectivity index is 1.20. The number of nitrogens with zero attached hydrogens (tertiary/aromatic N) is 2. The quantitative estimate of drug-likeness (QED) is 0.364. The number of morpholine rings is 1. The van der Waals surface area contributed by atoms with E-state index >= 15 is 0 Å². The number of ether oxygens (including phenoxy) is 1. The van der Waals surface area contributed by atoms with Gasteiger partial charge in [0.15, 0.2) is 15.6 Å². The van der Waals surface area contributed by atoms with Gasteiger partial charge in [-0.3, -0.25) is 0 Å². The van der Waals surface area contributed by atoms with E-state index in [1.54, 1.807) is 24.3 Å². The number of nitrogens with one attached hydrogen (secondary N) is 3. The van der Waals surface area contributed by atoms with Crippen molar-refractivity contribution in [2.75, 3.05) is 39.4 Å². The first kappa shape index (κ1) is 25.8. The Morgan fingerprint density at radius 3 is 2.51 bits per heavy atom. The Kier molecular flexibility index (Phi) is 7.22. The predicted molar refractivity (Wildman–Crippen MR) is 149 cm³/mol. The van der Waals surface area contributed by atoms with Crippen molar-refractivity contribution >= 4 is 21.2 Å². The van der Waals surface area contributed by atoms with E-state index in [-0.39, 0.29) is 6.04 Å². The van der Waals surface area contributed by atoms with Crippen LogP contribution in [0.1, 0.15) is 35.8 Å². The largest absolute Gasteiger partial charge is 0.384 e. The summed E-state index contributed by atoms with van der Waals surface area (Å²) in [5, 5.41) is 13.7. The zero-order valence-electron chi connectivity index (χ0n) is 21.5. The smallest absolute Gasteiger partial charge is 0.189 e. The van der Waals surface area contributed by atoms with E-state index in [0.717, 1.165) is 48.5 Å². The Morgan fingerprint density at radius 1 is 1.00 bits per heavy atom. The van der Waals surface area contributed by atoms with Gasteiger partial charge in [0.2, 0.25) is 0 Å². The van der Waals surface area contributed by atoms with Crippen LogP contribution in [0.2, 0.25) is 0 Å². The third-order valence-corrected chi connectivity index (χ3v) is 9.64. The summed E-state index contributed by atoms with van der Waals surface area (Å²) in [5.74, 6) is 0.840. The van der Waals surface area contributed by atoms with Crippen molar-refractivity contribution in [1.82, 2.24) is 21.1 Å². The topological polar surface area (TPSA) is 144 Å². The molecule has 5 N–H and O–H groups in total. The van der Waals surface area contributed by atoms with E-state index in [1.807, 2.05) is 18.2 Å². The molecule has 0 bridgehead atoms. The summed E-state index contributed by atoms with van der Waals surface area (Å²) in [5.41, 5.74) is 11.0. The summed E-state index contributed by atoms with van der Waals surface area (Å²) in [6.07, 6.45) is 1.54. The van der Waals surface area contributed by atoms with Crippen molar-refractivity contribution in [2.24, 2.45) is 10.7 Å². The molecule has 6 rings (SSSR count). The average Bonchev–Trinajstić information content (AvgIpc) is 3.49. The van der Waals surface area contributed by atoms with Crippen LogP contribution in [0.25, 0.3) is 17.0 Å². The fourth-order valence-corrected chi connectivity index (χ4v) is 6.87. The highest BCUT2D eigenvalue weighted by Gasteiger charge is 2.29. The average molecular weight is 549 g/mol. The maximum absolute atomic E-state index is 13.0. The Labute approximate surface area is 227 Å². The summed E-state index contributed by atoms with van der Waals surface area (Å²) in [6.45, 7) is 4.00. The minimum Gasteiger partial charge on any atom is -0.384 e. The van der Waals surface area contributed by atoms with Crippen LogP contribution in [0.4, 0.5) is 0 Å². The lowest BCUT2D eigenvalue weighted by atomic mass is 10.0. The van der Waals surface area contributed by atoms with Gasteiger partial charge in [-0.05, 0) is 42.6 Å². The summed E-state index contributed by atoms with van der Waals surface area (Å²) in [6, 6.07) is 17.1. The van der Waals surface area contributed by atoms with Crippen molar-refractivity contribution in [3.05, 3.63) is 77.3 Å². The van der Waals surface area contributed by atoms with Gasteiger partial charge in [-0.1, -0.05) is 41.6 Å². The van der Waals surface area contributed by atoms with E-state index in [0.29, 0.717) is 54.0 Å². The Hall–Kier alpha value is -3.51. The first-order valence-corrected chi connectivity index (χ1v) is 14.8. The molecule has 0 spiro atoms. The van der Waals surface area contributed by atoms with Crippen molar-refractivity contribution < 1.29 is 17.7 Å². The van der Waals surface area contributed by atoms with Crippen LogP contribution in [0.3, 0.4) is 0 Å². The lowest BCUT2D eigenvalue weighted by molar-refractivity contribution is 0.0769. The normalized spacial score (nSPS) is 22.3. The monoisotopic (exact) mass is 548 g/mol. The molecule has 3 aromatic rings. The molecule has 2 atom stereocenters. The van der Waals surface area contributed by atoms with E-state index in [2.05, 4.69) is 33.2 Å². The zero-order chi connectivity index (χ0) is 26.8. The number of hydrogen-bond donors (Lipinski definition) is 4. The van der Waals surface area contributed by atoms with Crippen molar-refractivity contribution in [1.29, 1.82) is 0 Å². The molecule has 204 valence electrons. The van der Waals surface area contributed by atoms with Crippen molar-refractivity contribution in [3.8, 4) is 11.3 Å². The first-order valence-electron chi connectivity index (χ1n) is 13.2. The number of benzene rings is 2. The van der Waals surface area contributed by atoms with Gasteiger partial charge in [0.05, 0.1) is 41.7 Å². The SMILES string of the molecule is NC1=C(c2cc(-c3ccc(C4COCCN4)cc3)no2)N=C(c2ccc(S(=O)(=O)C3CCCNC3)cc2)CN1. The third-order valence-electron chi connectivity index (χ3n) is 7.43. The zero-order valence-corrected chi connectivity index (χ0v) is 22.3. The number of piperidine rings is 1. The standard InChI is InChI=1S/C28H32N6O4S/c29-28-27(26-14-23(34-38-26)18-3-5-20(6-4-18)25-17-37-13-12-31-25)33-24(16-32-28)19-7-9-21(10-8-19)39(35,36)22-2-1-11-30-15-22/h3-10,14,22,25,30-32H,1-2,11-13,15-17,29H2. The van der Waals surface area contributed by atoms with Gasteiger partial charge in [-0.2, -0.15) is 0 Å². The molecule has 2 unspecified atom stereocenters. The Bertz CT molecular complexity index is 1480. The molecule has 3 aliphatic heterocycles. The minimum atomic E-state index is -3.39. The second kappa shape index (κ2) is 10.9. The lowest BCUT2D eigenvalue weighted by Crippen LogP contribution is -2.38. The number of nitrogens with two attached hydrogens (primary N) is 1. The lowest BCUT2D eigenvalue weighted by Gasteiger charge is -2.24. The van der Waals surface area contributed by atoms with Crippen molar-refractivity contribution in [2.45, 2.75) is 29.0 Å². The fourth-order valence-electron chi connectivity index (χ4n) is 5.15. The van der Waals surface area contributed by atoms with Crippen LogP contribution >= 0.6 is 0 Å². The fraction of sp³-hybridized carbons (Fsp3) is 0.357. The maximum atomic E-state index is 13.0. The van der Waals surface area contributed by atoms with Crippen LogP contribution in [-0.2, 0) is 14.6 Å². The molecular formula is C28H32N6O4S. The predicted octanol–water partition coefficient (Wildman–Crippen LogP) is 2.21. The molecule has 4 heterocycles. The van der Waals surface area contributed by atoms with Gasteiger partial charge in [0.25, 0.3) is 0 Å². The number of aromatic nitrogens is 1. The molecule has 10 nitrogen and oxygen atoms in total. The second-order valence-electron chi connectivity index (χ2n) is 9.99. The van der Waals surface area contributed by atoms with E-state index in [9.17, 15) is 8.42 Å². The summed E-state index contributed by atoms with van der Waals surface area (Å²) < 4.78 is 37.3. The number of rotatable bonds is 6. The molecule has 39 heavy (non-hydrogen) atoms. The highest BCUT2D eigenvalue weighted by Crippen LogP contribution is 2.28. The molecule has 2 saturated heterocycles. The molecule has 2 aromatic carbocycles. The van der Waals surface area contributed by atoms with Gasteiger partial charge in [-0.25, -0.2) is 13.4 Å². The molecule has 0 aliphatic carbocycles. The summed E-state index contributed by atoms with van der Waals surface area (Å²) in [4.78, 5) is 5.09. The highest BCUT2D eigenvalue weighted by atomic mass is 32.2. The van der Waals surface area contributed by atoms with Crippen LogP contribution in [0.15, 0.2) is 74.8 Å². The van der Waals surface area contributed by atoms with Gasteiger partial charge in [0.1, 0.15) is 17.2 Å². The first-order chi connectivity index (χ1) is 19.0. The summed E-state index contributed by atoms with van der Waals surface area (Å²) >= 11 is 0. The molecule has 1 aromatic heterocycles. The maximum Gasteiger partial charge on any atom is 0.189 e. The molecule has 3 aliphatic rings. The molecular weight excluding hydrogens is 516 g/mol. The van der Waals surface area contributed by atoms with E-state index < -0.39 is 15.1 Å². The molecule has 0 radical (unpaired) electrons. The minimum absolute atomic E-state index is 0.185. The van der Waals surface area contributed by atoms with Crippen LogP contribution in [0, 0.1) is 0 Å². The molecule has 0 amide bonds. The second-order valence-corrected chi connectivity index (χ2v) is 12.2. The number of aliphatic imine (C=N–C) groups is 1. The number of sulfone groups is 1. The Morgan fingerprint density at radius 2 is 1.79 bits per heavy atom. The van der Waals surface area contributed by atoms with Crippen molar-refractivity contribution in [3.63, 3.8) is 0 Å². The van der Waals surface area contributed by atoms with Gasteiger partial charge < -0.3 is 30.9 Å². The van der Waals surface area contributed by atoms with E-state index in [4.69, 9.17) is 20.0 Å². The van der Waals surface area contributed by atoms with Gasteiger partial charge in [-0.15, -0.1) is 0 Å².